The van der Waals surface area contributed by atoms with Gasteiger partial charge >= 0.3 is 0 Å². The lowest BCUT2D eigenvalue weighted by Crippen LogP contribution is -2.33. The van der Waals surface area contributed by atoms with Crippen LogP contribution in [0.4, 0.5) is 0 Å². The average Bonchev–Trinajstić information content (AvgIpc) is 2.66. The summed E-state index contributed by atoms with van der Waals surface area (Å²) in [6.45, 7) is 0.402. The van der Waals surface area contributed by atoms with Gasteiger partial charge in [0.1, 0.15) is 5.75 Å². The fraction of sp³-hybridized carbons (Fsp3) is 0.350. The first-order valence-electron chi connectivity index (χ1n) is 8.85. The summed E-state index contributed by atoms with van der Waals surface area (Å²) in [7, 11) is 0. The van der Waals surface area contributed by atoms with Crippen molar-refractivity contribution in [2.75, 3.05) is 0 Å². The quantitative estimate of drug-likeness (QED) is 0.768. The van der Waals surface area contributed by atoms with Crippen LogP contribution in [0.1, 0.15) is 53.2 Å². The van der Waals surface area contributed by atoms with Crippen LogP contribution in [0.25, 0.3) is 0 Å². The standard InChI is InChI=1S/C20H23N3O3/c21-19(25)17-5-2-10-22-18(17)14-6-8-15(9-7-14)20(26)23-12-13-3-1-4-16(24)11-13/h1-5,10-11,14-15,24H,6-9,12H2,(H2,21,25)(H,23,26). The Kier molecular flexibility index (Phi) is 5.51. The number of hydrogen-bond acceptors (Lipinski definition) is 4. The van der Waals surface area contributed by atoms with Crippen LogP contribution in [0.3, 0.4) is 0 Å². The van der Waals surface area contributed by atoms with E-state index in [9.17, 15) is 14.7 Å². The number of nitrogens with one attached hydrogen (secondary N) is 1. The molecule has 0 aliphatic heterocycles. The molecule has 1 aliphatic carbocycles. The number of carbonyl (C=O) groups is 2. The van der Waals surface area contributed by atoms with Gasteiger partial charge in [-0.15, -0.1) is 0 Å². The van der Waals surface area contributed by atoms with Crippen LogP contribution in [0, 0.1) is 5.92 Å². The Morgan fingerprint density at radius 2 is 1.92 bits per heavy atom. The number of pyridine rings is 1. The lowest BCUT2D eigenvalue weighted by atomic mass is 9.79. The third-order valence-electron chi connectivity index (χ3n) is 4.97. The van der Waals surface area contributed by atoms with Gasteiger partial charge in [0.2, 0.25) is 5.91 Å². The number of primary amides is 1. The summed E-state index contributed by atoms with van der Waals surface area (Å²) >= 11 is 0. The van der Waals surface area contributed by atoms with Crippen LogP contribution in [0.5, 0.6) is 5.75 Å². The second-order valence-corrected chi connectivity index (χ2v) is 6.74. The summed E-state index contributed by atoms with van der Waals surface area (Å²) in [5.74, 6) is -0.113. The SMILES string of the molecule is NC(=O)c1cccnc1C1CCC(C(=O)NCc2cccc(O)c2)CC1. The Labute approximate surface area is 152 Å². The van der Waals surface area contributed by atoms with E-state index in [1.165, 1.54) is 0 Å². The minimum atomic E-state index is -0.459. The molecule has 136 valence electrons. The summed E-state index contributed by atoms with van der Waals surface area (Å²) < 4.78 is 0. The average molecular weight is 353 g/mol. The molecule has 6 nitrogen and oxygen atoms in total. The van der Waals surface area contributed by atoms with E-state index in [1.54, 1.807) is 36.5 Å². The molecule has 1 aromatic carbocycles. The molecule has 26 heavy (non-hydrogen) atoms. The highest BCUT2D eigenvalue weighted by molar-refractivity contribution is 5.94. The van der Waals surface area contributed by atoms with E-state index in [4.69, 9.17) is 5.73 Å². The van der Waals surface area contributed by atoms with Crippen molar-refractivity contribution >= 4 is 11.8 Å². The number of benzene rings is 1. The smallest absolute Gasteiger partial charge is 0.250 e. The van der Waals surface area contributed by atoms with E-state index in [0.717, 1.165) is 36.9 Å². The van der Waals surface area contributed by atoms with Crippen LogP contribution < -0.4 is 11.1 Å². The molecule has 0 radical (unpaired) electrons. The van der Waals surface area contributed by atoms with Crippen LogP contribution in [-0.2, 0) is 11.3 Å². The van der Waals surface area contributed by atoms with Gasteiger partial charge in [-0.1, -0.05) is 12.1 Å². The number of aromatic hydroxyl groups is 1. The van der Waals surface area contributed by atoms with Crippen molar-refractivity contribution in [3.8, 4) is 5.75 Å². The first-order valence-corrected chi connectivity index (χ1v) is 8.85. The minimum absolute atomic E-state index is 0.0305. The van der Waals surface area contributed by atoms with Gasteiger partial charge in [0, 0.05) is 24.6 Å². The van der Waals surface area contributed by atoms with Crippen LogP contribution in [-0.4, -0.2) is 21.9 Å². The summed E-state index contributed by atoms with van der Waals surface area (Å²) in [6, 6.07) is 10.3. The summed E-state index contributed by atoms with van der Waals surface area (Å²) in [5.41, 5.74) is 7.53. The second-order valence-electron chi connectivity index (χ2n) is 6.74. The topological polar surface area (TPSA) is 105 Å². The molecule has 0 unspecified atom stereocenters. The van der Waals surface area contributed by atoms with Gasteiger partial charge < -0.3 is 16.2 Å². The van der Waals surface area contributed by atoms with Crippen molar-refractivity contribution in [3.05, 3.63) is 59.4 Å². The molecule has 1 aliphatic rings. The van der Waals surface area contributed by atoms with Crippen molar-refractivity contribution in [2.45, 2.75) is 38.1 Å². The Morgan fingerprint density at radius 3 is 2.62 bits per heavy atom. The fourth-order valence-corrected chi connectivity index (χ4v) is 3.58. The van der Waals surface area contributed by atoms with Crippen molar-refractivity contribution < 1.29 is 14.7 Å². The Hall–Kier alpha value is -2.89. The molecule has 1 saturated carbocycles. The Balaban J connectivity index is 1.55. The first-order chi connectivity index (χ1) is 12.5. The maximum absolute atomic E-state index is 12.4. The number of carbonyl (C=O) groups excluding carboxylic acids is 2. The van der Waals surface area contributed by atoms with Crippen molar-refractivity contribution in [2.24, 2.45) is 11.7 Å². The number of rotatable bonds is 5. The highest BCUT2D eigenvalue weighted by Crippen LogP contribution is 2.36. The molecule has 0 atom stereocenters. The van der Waals surface area contributed by atoms with Gasteiger partial charge in [-0.05, 0) is 55.5 Å². The zero-order chi connectivity index (χ0) is 18.5. The summed E-state index contributed by atoms with van der Waals surface area (Å²) in [6.07, 6.45) is 4.80. The van der Waals surface area contributed by atoms with Crippen LogP contribution in [0.15, 0.2) is 42.6 Å². The van der Waals surface area contributed by atoms with Crippen molar-refractivity contribution in [1.29, 1.82) is 0 Å². The third-order valence-corrected chi connectivity index (χ3v) is 4.97. The van der Waals surface area contributed by atoms with E-state index >= 15 is 0 Å². The number of amides is 2. The van der Waals surface area contributed by atoms with Gasteiger partial charge in [0.15, 0.2) is 0 Å². The Bertz CT molecular complexity index is 798. The maximum Gasteiger partial charge on any atom is 0.250 e. The molecule has 2 amide bonds. The zero-order valence-corrected chi connectivity index (χ0v) is 14.5. The van der Waals surface area contributed by atoms with E-state index in [-0.39, 0.29) is 23.5 Å². The monoisotopic (exact) mass is 353 g/mol. The predicted molar refractivity (Wildman–Crippen MR) is 97.4 cm³/mol. The molecule has 0 spiro atoms. The highest BCUT2D eigenvalue weighted by atomic mass is 16.3. The number of hydrogen-bond donors (Lipinski definition) is 3. The summed E-state index contributed by atoms with van der Waals surface area (Å²) in [4.78, 5) is 28.3. The second kappa shape index (κ2) is 7.99. The fourth-order valence-electron chi connectivity index (χ4n) is 3.58. The zero-order valence-electron chi connectivity index (χ0n) is 14.5. The largest absolute Gasteiger partial charge is 0.508 e. The van der Waals surface area contributed by atoms with Gasteiger partial charge in [-0.25, -0.2) is 0 Å². The lowest BCUT2D eigenvalue weighted by molar-refractivity contribution is -0.126. The molecule has 1 heterocycles. The van der Waals surface area contributed by atoms with Gasteiger partial charge in [-0.2, -0.15) is 0 Å². The molecule has 2 aromatic rings. The van der Waals surface area contributed by atoms with E-state index in [2.05, 4.69) is 10.3 Å². The molecule has 0 saturated heterocycles. The number of phenols is 1. The van der Waals surface area contributed by atoms with Gasteiger partial charge in [0.05, 0.1) is 11.3 Å². The Morgan fingerprint density at radius 1 is 1.15 bits per heavy atom. The molecule has 0 bridgehead atoms. The van der Waals surface area contributed by atoms with E-state index in [1.807, 2.05) is 6.07 Å². The molecule has 6 heteroatoms. The molecular formula is C20H23N3O3. The van der Waals surface area contributed by atoms with Crippen molar-refractivity contribution in [1.82, 2.24) is 10.3 Å². The lowest BCUT2D eigenvalue weighted by Gasteiger charge is -2.28. The number of phenolic OH excluding ortho intramolecular Hbond substituents is 1. The number of aromatic nitrogens is 1. The molecule has 4 N–H and O–H groups in total. The van der Waals surface area contributed by atoms with Crippen LogP contribution in [0.2, 0.25) is 0 Å². The molecular weight excluding hydrogens is 330 g/mol. The maximum atomic E-state index is 12.4. The summed E-state index contributed by atoms with van der Waals surface area (Å²) in [5, 5.41) is 12.4. The van der Waals surface area contributed by atoms with E-state index < -0.39 is 5.91 Å². The van der Waals surface area contributed by atoms with Gasteiger partial charge in [-0.3, -0.25) is 14.6 Å². The molecule has 3 rings (SSSR count). The van der Waals surface area contributed by atoms with Gasteiger partial charge in [0.25, 0.3) is 5.91 Å². The predicted octanol–water partition coefficient (Wildman–Crippen LogP) is 2.48. The molecule has 1 fully saturated rings. The molecule has 1 aromatic heterocycles. The highest BCUT2D eigenvalue weighted by Gasteiger charge is 2.29. The van der Waals surface area contributed by atoms with E-state index in [0.29, 0.717) is 12.1 Å². The van der Waals surface area contributed by atoms with Crippen LogP contribution >= 0.6 is 0 Å². The minimum Gasteiger partial charge on any atom is -0.508 e. The normalized spacial score (nSPS) is 19.7. The first kappa shape index (κ1) is 17.9. The number of nitrogens with zero attached hydrogens (tertiary/aromatic N) is 1. The number of nitrogens with two attached hydrogens (primary N) is 1. The van der Waals surface area contributed by atoms with Crippen molar-refractivity contribution in [3.63, 3.8) is 0 Å². The third kappa shape index (κ3) is 4.20.